The molecule has 2 unspecified atom stereocenters. The van der Waals surface area contributed by atoms with Crippen molar-refractivity contribution in [3.63, 3.8) is 0 Å². The van der Waals surface area contributed by atoms with Crippen LogP contribution in [0.3, 0.4) is 0 Å². The van der Waals surface area contributed by atoms with E-state index in [0.29, 0.717) is 13.0 Å². The van der Waals surface area contributed by atoms with Crippen LogP contribution in [-0.2, 0) is 9.53 Å². The maximum Gasteiger partial charge on any atom is 0.306 e. The number of rotatable bonds is 5. The van der Waals surface area contributed by atoms with Crippen molar-refractivity contribution in [1.29, 1.82) is 0 Å². The highest BCUT2D eigenvalue weighted by Crippen LogP contribution is 2.02. The number of aliphatic hydroxyl groups is 1. The summed E-state index contributed by atoms with van der Waals surface area (Å²) in [7, 11) is 3.25. The van der Waals surface area contributed by atoms with Crippen LogP contribution in [0.2, 0.25) is 0 Å². The first-order valence-electron chi connectivity index (χ1n) is 4.44. The molecule has 0 radical (unpaired) electrons. The van der Waals surface area contributed by atoms with E-state index in [1.165, 1.54) is 7.11 Å². The van der Waals surface area contributed by atoms with Crippen LogP contribution in [0.1, 0.15) is 20.3 Å². The summed E-state index contributed by atoms with van der Waals surface area (Å²) >= 11 is 0. The molecular formula is C9H19NO3. The van der Waals surface area contributed by atoms with Gasteiger partial charge in [-0.15, -0.1) is 0 Å². The third-order valence-corrected chi connectivity index (χ3v) is 2.29. The van der Waals surface area contributed by atoms with Crippen LogP contribution in [-0.4, -0.2) is 48.8 Å². The Labute approximate surface area is 79.5 Å². The molecule has 2 atom stereocenters. The minimum atomic E-state index is -0.386. The van der Waals surface area contributed by atoms with Gasteiger partial charge in [-0.05, 0) is 20.9 Å². The summed E-state index contributed by atoms with van der Waals surface area (Å²) in [6.07, 6.45) is -0.0213. The molecule has 0 amide bonds. The Morgan fingerprint density at radius 1 is 1.54 bits per heavy atom. The number of carbonyl (C=O) groups excluding carboxylic acids is 1. The van der Waals surface area contributed by atoms with E-state index in [1.807, 2.05) is 18.9 Å². The Bertz CT molecular complexity index is 159. The topological polar surface area (TPSA) is 49.8 Å². The number of ether oxygens (including phenoxy) is 1. The summed E-state index contributed by atoms with van der Waals surface area (Å²) in [5.74, 6) is -0.218. The zero-order valence-electron chi connectivity index (χ0n) is 8.78. The molecule has 13 heavy (non-hydrogen) atoms. The van der Waals surface area contributed by atoms with Gasteiger partial charge < -0.3 is 14.7 Å². The van der Waals surface area contributed by atoms with Gasteiger partial charge in [0.2, 0.25) is 0 Å². The standard InChI is InChI=1S/C9H19NO3/c1-7(8(2)11)10(3)6-5-9(12)13-4/h7-8,11H,5-6H2,1-4H3. The van der Waals surface area contributed by atoms with E-state index in [4.69, 9.17) is 0 Å². The third-order valence-electron chi connectivity index (χ3n) is 2.29. The second kappa shape index (κ2) is 5.94. The molecule has 0 fully saturated rings. The Morgan fingerprint density at radius 3 is 2.46 bits per heavy atom. The molecule has 78 valence electrons. The number of esters is 1. The quantitative estimate of drug-likeness (QED) is 0.630. The van der Waals surface area contributed by atoms with Crippen molar-refractivity contribution in [3.8, 4) is 0 Å². The largest absolute Gasteiger partial charge is 0.469 e. The average Bonchev–Trinajstić information content (AvgIpc) is 2.11. The van der Waals surface area contributed by atoms with Gasteiger partial charge in [-0.25, -0.2) is 0 Å². The molecule has 0 saturated heterocycles. The first-order valence-corrected chi connectivity index (χ1v) is 4.44. The molecular weight excluding hydrogens is 170 g/mol. The number of nitrogens with zero attached hydrogens (tertiary/aromatic N) is 1. The van der Waals surface area contributed by atoms with E-state index in [0.717, 1.165) is 0 Å². The maximum atomic E-state index is 10.8. The first kappa shape index (κ1) is 12.4. The van der Waals surface area contributed by atoms with E-state index in [9.17, 15) is 9.90 Å². The summed E-state index contributed by atoms with van der Waals surface area (Å²) in [6.45, 7) is 4.26. The van der Waals surface area contributed by atoms with Gasteiger partial charge in [0.25, 0.3) is 0 Å². The molecule has 0 aliphatic carbocycles. The Kier molecular flexibility index (Phi) is 5.66. The molecule has 0 aliphatic rings. The number of likely N-dealkylation sites (N-methyl/N-ethyl adjacent to an activating group) is 1. The van der Waals surface area contributed by atoms with Crippen LogP contribution >= 0.6 is 0 Å². The van der Waals surface area contributed by atoms with Gasteiger partial charge in [-0.3, -0.25) is 4.79 Å². The zero-order valence-corrected chi connectivity index (χ0v) is 8.78. The van der Waals surface area contributed by atoms with Gasteiger partial charge in [0.05, 0.1) is 19.6 Å². The fourth-order valence-electron chi connectivity index (χ4n) is 0.942. The molecule has 0 saturated carbocycles. The zero-order chi connectivity index (χ0) is 10.4. The van der Waals surface area contributed by atoms with Crippen LogP contribution in [0.15, 0.2) is 0 Å². The van der Waals surface area contributed by atoms with Crippen LogP contribution < -0.4 is 0 Å². The highest BCUT2D eigenvalue weighted by atomic mass is 16.5. The maximum absolute atomic E-state index is 10.8. The van der Waals surface area contributed by atoms with Gasteiger partial charge in [0.15, 0.2) is 0 Å². The lowest BCUT2D eigenvalue weighted by Gasteiger charge is -2.26. The minimum Gasteiger partial charge on any atom is -0.469 e. The molecule has 0 aromatic rings. The van der Waals surface area contributed by atoms with Crippen molar-refractivity contribution in [1.82, 2.24) is 4.90 Å². The number of hydrogen-bond donors (Lipinski definition) is 1. The predicted molar refractivity (Wildman–Crippen MR) is 50.4 cm³/mol. The van der Waals surface area contributed by atoms with Crippen molar-refractivity contribution < 1.29 is 14.6 Å². The fraction of sp³-hybridized carbons (Fsp3) is 0.889. The monoisotopic (exact) mass is 189 g/mol. The van der Waals surface area contributed by atoms with Crippen LogP contribution in [0, 0.1) is 0 Å². The minimum absolute atomic E-state index is 0.0599. The second-order valence-electron chi connectivity index (χ2n) is 3.29. The van der Waals surface area contributed by atoms with E-state index < -0.39 is 0 Å². The van der Waals surface area contributed by atoms with Crippen molar-refractivity contribution in [3.05, 3.63) is 0 Å². The number of carbonyl (C=O) groups is 1. The third kappa shape index (κ3) is 4.85. The van der Waals surface area contributed by atoms with Crippen molar-refractivity contribution in [2.45, 2.75) is 32.4 Å². The van der Waals surface area contributed by atoms with Gasteiger partial charge >= 0.3 is 5.97 Å². The van der Waals surface area contributed by atoms with E-state index in [2.05, 4.69) is 4.74 Å². The molecule has 0 bridgehead atoms. The summed E-state index contributed by atoms with van der Waals surface area (Å²) < 4.78 is 4.51. The summed E-state index contributed by atoms with van der Waals surface area (Å²) in [4.78, 5) is 12.7. The fourth-order valence-corrected chi connectivity index (χ4v) is 0.942. The Morgan fingerprint density at radius 2 is 2.08 bits per heavy atom. The second-order valence-corrected chi connectivity index (χ2v) is 3.29. The normalized spacial score (nSPS) is 15.5. The lowest BCUT2D eigenvalue weighted by atomic mass is 10.2. The lowest BCUT2D eigenvalue weighted by molar-refractivity contribution is -0.141. The van der Waals surface area contributed by atoms with Gasteiger partial charge in [-0.2, -0.15) is 0 Å². The average molecular weight is 189 g/mol. The SMILES string of the molecule is COC(=O)CCN(C)C(C)C(C)O. The van der Waals surface area contributed by atoms with E-state index in [-0.39, 0.29) is 18.1 Å². The molecule has 0 aliphatic heterocycles. The molecule has 1 N–H and O–H groups in total. The molecule has 4 nitrogen and oxygen atoms in total. The smallest absolute Gasteiger partial charge is 0.306 e. The van der Waals surface area contributed by atoms with Gasteiger partial charge in [-0.1, -0.05) is 0 Å². The molecule has 4 heteroatoms. The van der Waals surface area contributed by atoms with Crippen LogP contribution in [0.5, 0.6) is 0 Å². The van der Waals surface area contributed by atoms with Crippen molar-refractivity contribution in [2.75, 3.05) is 20.7 Å². The molecule has 0 spiro atoms. The number of aliphatic hydroxyl groups excluding tert-OH is 1. The summed E-state index contributed by atoms with van der Waals surface area (Å²) in [5, 5.41) is 9.26. The van der Waals surface area contributed by atoms with Crippen LogP contribution in [0.4, 0.5) is 0 Å². The molecule has 0 heterocycles. The lowest BCUT2D eigenvalue weighted by Crippen LogP contribution is -2.38. The van der Waals surface area contributed by atoms with Gasteiger partial charge in [0, 0.05) is 12.6 Å². The van der Waals surface area contributed by atoms with Crippen LogP contribution in [0.25, 0.3) is 0 Å². The number of methoxy groups -OCH3 is 1. The van der Waals surface area contributed by atoms with Gasteiger partial charge in [0.1, 0.15) is 0 Å². The summed E-state index contributed by atoms with van der Waals surface area (Å²) in [5.41, 5.74) is 0. The Balaban J connectivity index is 3.73. The van der Waals surface area contributed by atoms with Crippen molar-refractivity contribution >= 4 is 5.97 Å². The highest BCUT2D eigenvalue weighted by molar-refractivity contribution is 5.69. The van der Waals surface area contributed by atoms with E-state index in [1.54, 1.807) is 6.92 Å². The van der Waals surface area contributed by atoms with Crippen molar-refractivity contribution in [2.24, 2.45) is 0 Å². The first-order chi connectivity index (χ1) is 5.99. The molecule has 0 aromatic carbocycles. The predicted octanol–water partition coefficient (Wildman–Crippen LogP) is 0.251. The molecule has 0 aromatic heterocycles. The number of hydrogen-bond acceptors (Lipinski definition) is 4. The Hall–Kier alpha value is -0.610. The van der Waals surface area contributed by atoms with E-state index >= 15 is 0 Å². The highest BCUT2D eigenvalue weighted by Gasteiger charge is 2.15. The molecule has 0 rings (SSSR count). The summed E-state index contributed by atoms with van der Waals surface area (Å²) in [6, 6.07) is 0.0599.